The Morgan fingerprint density at radius 1 is 0.560 bits per heavy atom. The van der Waals surface area contributed by atoms with E-state index in [9.17, 15) is 0 Å². The summed E-state index contributed by atoms with van der Waals surface area (Å²) in [6.07, 6.45) is 21.4. The Kier molecular flexibility index (Phi) is 15.4. The van der Waals surface area contributed by atoms with E-state index in [4.69, 9.17) is 4.43 Å². The van der Waals surface area contributed by atoms with Crippen LogP contribution in [0.5, 0.6) is 0 Å². The van der Waals surface area contributed by atoms with Crippen LogP contribution < -0.4 is 0 Å². The van der Waals surface area contributed by atoms with Gasteiger partial charge < -0.3 is 4.43 Å². The highest BCUT2D eigenvalue weighted by molar-refractivity contribution is 6.74. The highest BCUT2D eigenvalue weighted by Crippen LogP contribution is 2.36. The lowest BCUT2D eigenvalue weighted by Crippen LogP contribution is -2.40. The molecular weight excluding hydrogens is 320 g/mol. The highest BCUT2D eigenvalue weighted by atomic mass is 28.4. The summed E-state index contributed by atoms with van der Waals surface area (Å²) < 4.78 is 6.25. The molecule has 0 aliphatic heterocycles. The zero-order valence-electron chi connectivity index (χ0n) is 18.7. The van der Waals surface area contributed by atoms with Crippen molar-refractivity contribution in [3.8, 4) is 0 Å². The smallest absolute Gasteiger partial charge is 0.191 e. The highest BCUT2D eigenvalue weighted by Gasteiger charge is 2.36. The van der Waals surface area contributed by atoms with Crippen molar-refractivity contribution < 1.29 is 4.43 Å². The molecule has 1 nitrogen and oxygen atoms in total. The maximum Gasteiger partial charge on any atom is 0.191 e. The Balaban J connectivity index is 3.22. The van der Waals surface area contributed by atoms with Crippen molar-refractivity contribution in [3.05, 3.63) is 0 Å². The van der Waals surface area contributed by atoms with E-state index in [0.717, 1.165) is 6.61 Å². The third kappa shape index (κ3) is 15.0. The van der Waals surface area contributed by atoms with Gasteiger partial charge >= 0.3 is 0 Å². The third-order valence-corrected chi connectivity index (χ3v) is 10.6. The van der Waals surface area contributed by atoms with Crippen LogP contribution in [0.2, 0.25) is 18.1 Å². The van der Waals surface area contributed by atoms with Crippen LogP contribution in [-0.4, -0.2) is 14.9 Å². The van der Waals surface area contributed by atoms with Gasteiger partial charge in [0.05, 0.1) is 0 Å². The molecule has 0 amide bonds. The predicted molar refractivity (Wildman–Crippen MR) is 118 cm³/mol. The first kappa shape index (κ1) is 25.2. The first-order valence-electron chi connectivity index (χ1n) is 11.4. The molecule has 0 aromatic rings. The fraction of sp³-hybridized carbons (Fsp3) is 1.00. The molecule has 0 aliphatic carbocycles. The standard InChI is InChI=1S/C23H50OSi/c1-7-8-9-10-11-12-13-14-15-16-17-18-19-20-21-22-24-25(5,6)23(2,3)4/h7-22H2,1-6H3. The Bertz CT molecular complexity index is 280. The third-order valence-electron chi connectivity index (χ3n) is 6.02. The Morgan fingerprint density at radius 2 is 0.880 bits per heavy atom. The van der Waals surface area contributed by atoms with Crippen LogP contribution >= 0.6 is 0 Å². The van der Waals surface area contributed by atoms with E-state index in [1.807, 2.05) is 0 Å². The summed E-state index contributed by atoms with van der Waals surface area (Å²) in [5, 5.41) is 0.350. The second-order valence-electron chi connectivity index (χ2n) is 9.56. The van der Waals surface area contributed by atoms with Crippen molar-refractivity contribution in [1.82, 2.24) is 0 Å². The fourth-order valence-corrected chi connectivity index (χ4v) is 4.10. The summed E-state index contributed by atoms with van der Waals surface area (Å²) in [6, 6.07) is 0. The maximum atomic E-state index is 6.25. The molecule has 0 rings (SSSR count). The summed E-state index contributed by atoms with van der Waals surface area (Å²) in [5.74, 6) is 0. The summed E-state index contributed by atoms with van der Waals surface area (Å²) in [6.45, 7) is 15.0. The van der Waals surface area contributed by atoms with Crippen LogP contribution in [0.3, 0.4) is 0 Å². The molecule has 0 heterocycles. The molecule has 0 fully saturated rings. The molecule has 0 radical (unpaired) electrons. The lowest BCUT2D eigenvalue weighted by Gasteiger charge is -2.36. The van der Waals surface area contributed by atoms with E-state index < -0.39 is 8.32 Å². The number of unbranched alkanes of at least 4 members (excludes halogenated alkanes) is 14. The quantitative estimate of drug-likeness (QED) is 0.183. The van der Waals surface area contributed by atoms with Gasteiger partial charge in [-0.05, 0) is 24.6 Å². The molecule has 0 unspecified atom stereocenters. The monoisotopic (exact) mass is 370 g/mol. The average molecular weight is 371 g/mol. The SMILES string of the molecule is CCCCCCCCCCCCCCCCCO[Si](C)(C)C(C)(C)C. The van der Waals surface area contributed by atoms with Gasteiger partial charge in [0, 0.05) is 6.61 Å². The summed E-state index contributed by atoms with van der Waals surface area (Å²) in [5.41, 5.74) is 0. The molecule has 0 atom stereocenters. The molecule has 0 spiro atoms. The minimum absolute atomic E-state index is 0.350. The van der Waals surface area contributed by atoms with Crippen LogP contribution in [-0.2, 0) is 4.43 Å². The molecule has 0 aromatic heterocycles. The molecule has 0 bridgehead atoms. The van der Waals surface area contributed by atoms with E-state index in [1.54, 1.807) is 0 Å². The van der Waals surface area contributed by atoms with Crippen molar-refractivity contribution >= 4 is 8.32 Å². The van der Waals surface area contributed by atoms with Gasteiger partial charge in [0.2, 0.25) is 0 Å². The molecule has 0 saturated heterocycles. The van der Waals surface area contributed by atoms with Crippen molar-refractivity contribution in [3.63, 3.8) is 0 Å². The molecular formula is C23H50OSi. The van der Waals surface area contributed by atoms with Crippen LogP contribution in [0.4, 0.5) is 0 Å². The van der Waals surface area contributed by atoms with E-state index in [-0.39, 0.29) is 0 Å². The van der Waals surface area contributed by atoms with Crippen LogP contribution in [0, 0.1) is 0 Å². The second kappa shape index (κ2) is 15.3. The lowest BCUT2D eigenvalue weighted by atomic mass is 10.0. The molecule has 152 valence electrons. The summed E-state index contributed by atoms with van der Waals surface area (Å²) in [7, 11) is -1.51. The van der Waals surface area contributed by atoms with Gasteiger partial charge in [0.15, 0.2) is 8.32 Å². The molecule has 0 N–H and O–H groups in total. The van der Waals surface area contributed by atoms with Gasteiger partial charge in [-0.25, -0.2) is 0 Å². The average Bonchev–Trinajstić information content (AvgIpc) is 2.53. The molecule has 2 heteroatoms. The minimum Gasteiger partial charge on any atom is -0.417 e. The second-order valence-corrected chi connectivity index (χ2v) is 14.4. The topological polar surface area (TPSA) is 9.23 Å². The van der Waals surface area contributed by atoms with Gasteiger partial charge in [-0.1, -0.05) is 118 Å². The van der Waals surface area contributed by atoms with Crippen molar-refractivity contribution in [2.24, 2.45) is 0 Å². The van der Waals surface area contributed by atoms with Crippen molar-refractivity contribution in [1.29, 1.82) is 0 Å². The Morgan fingerprint density at radius 3 is 1.20 bits per heavy atom. The first-order valence-corrected chi connectivity index (χ1v) is 14.4. The normalized spacial score (nSPS) is 12.7. The molecule has 0 saturated carbocycles. The zero-order valence-corrected chi connectivity index (χ0v) is 19.7. The lowest BCUT2D eigenvalue weighted by molar-refractivity contribution is 0.277. The van der Waals surface area contributed by atoms with Gasteiger partial charge in [-0.3, -0.25) is 0 Å². The van der Waals surface area contributed by atoms with Crippen LogP contribution in [0.25, 0.3) is 0 Å². The largest absolute Gasteiger partial charge is 0.417 e. The van der Waals surface area contributed by atoms with Gasteiger partial charge in [0.25, 0.3) is 0 Å². The van der Waals surface area contributed by atoms with E-state index in [2.05, 4.69) is 40.8 Å². The van der Waals surface area contributed by atoms with Crippen LogP contribution in [0.1, 0.15) is 124 Å². The predicted octanol–water partition coefficient (Wildman–Crippen LogP) is 8.88. The maximum absolute atomic E-state index is 6.25. The first-order chi connectivity index (χ1) is 11.8. The molecule has 0 aromatic carbocycles. The summed E-state index contributed by atoms with van der Waals surface area (Å²) in [4.78, 5) is 0. The minimum atomic E-state index is -1.51. The van der Waals surface area contributed by atoms with Crippen molar-refractivity contribution in [2.75, 3.05) is 6.61 Å². The van der Waals surface area contributed by atoms with Gasteiger partial charge in [0.1, 0.15) is 0 Å². The zero-order chi connectivity index (χ0) is 19.0. The van der Waals surface area contributed by atoms with E-state index in [0.29, 0.717) is 5.04 Å². The Labute approximate surface area is 161 Å². The van der Waals surface area contributed by atoms with Gasteiger partial charge in [-0.2, -0.15) is 0 Å². The molecule has 25 heavy (non-hydrogen) atoms. The molecule has 0 aliphatic rings. The number of hydrogen-bond donors (Lipinski definition) is 0. The van der Waals surface area contributed by atoms with E-state index in [1.165, 1.54) is 96.3 Å². The fourth-order valence-electron chi connectivity index (χ4n) is 3.02. The summed E-state index contributed by atoms with van der Waals surface area (Å²) >= 11 is 0. The number of rotatable bonds is 17. The van der Waals surface area contributed by atoms with Crippen molar-refractivity contribution in [2.45, 2.75) is 142 Å². The van der Waals surface area contributed by atoms with Crippen LogP contribution in [0.15, 0.2) is 0 Å². The van der Waals surface area contributed by atoms with Gasteiger partial charge in [-0.15, -0.1) is 0 Å². The number of hydrogen-bond acceptors (Lipinski definition) is 1. The Hall–Kier alpha value is 0.177. The van der Waals surface area contributed by atoms with E-state index >= 15 is 0 Å².